The summed E-state index contributed by atoms with van der Waals surface area (Å²) in [4.78, 5) is 9.07. The van der Waals surface area contributed by atoms with Gasteiger partial charge in [0.15, 0.2) is 11.5 Å². The molecule has 0 bridgehead atoms. The number of hydrogen-bond acceptors (Lipinski definition) is 6. The molecule has 7 nitrogen and oxygen atoms in total. The average molecular weight is 436 g/mol. The van der Waals surface area contributed by atoms with Crippen LogP contribution in [0.15, 0.2) is 41.8 Å². The van der Waals surface area contributed by atoms with E-state index in [1.165, 1.54) is 11.8 Å². The summed E-state index contributed by atoms with van der Waals surface area (Å²) in [5.41, 5.74) is 2.32. The maximum Gasteiger partial charge on any atom is 0.209 e. The summed E-state index contributed by atoms with van der Waals surface area (Å²) >= 11 is 13.7. The van der Waals surface area contributed by atoms with Crippen molar-refractivity contribution in [3.8, 4) is 22.9 Å². The zero-order chi connectivity index (χ0) is 19.7. The minimum absolute atomic E-state index is 0.510. The van der Waals surface area contributed by atoms with Crippen LogP contribution >= 0.6 is 35.0 Å². The number of benzene rings is 1. The molecule has 0 saturated carbocycles. The molecule has 3 heterocycles. The molecule has 0 fully saturated rings. The van der Waals surface area contributed by atoms with E-state index < -0.39 is 0 Å². The van der Waals surface area contributed by atoms with E-state index in [1.54, 1.807) is 32.5 Å². The van der Waals surface area contributed by atoms with Gasteiger partial charge in [-0.25, -0.2) is 9.97 Å². The lowest BCUT2D eigenvalue weighted by Crippen LogP contribution is -1.91. The molecule has 0 amide bonds. The molecular weight excluding hydrogens is 421 g/mol. The van der Waals surface area contributed by atoms with Crippen molar-refractivity contribution < 1.29 is 9.47 Å². The lowest BCUT2D eigenvalue weighted by molar-refractivity contribution is 0.395. The van der Waals surface area contributed by atoms with Crippen molar-refractivity contribution in [2.24, 2.45) is 0 Å². The quantitative estimate of drug-likeness (QED) is 0.440. The van der Waals surface area contributed by atoms with Gasteiger partial charge in [0.1, 0.15) is 11.5 Å². The summed E-state index contributed by atoms with van der Waals surface area (Å²) < 4.78 is 12.5. The van der Waals surface area contributed by atoms with Gasteiger partial charge in [-0.3, -0.25) is 5.10 Å². The molecule has 144 valence electrons. The lowest BCUT2D eigenvalue weighted by atomic mass is 10.2. The molecule has 0 atom stereocenters. The Hall–Kier alpha value is -2.42. The van der Waals surface area contributed by atoms with Crippen molar-refractivity contribution in [1.82, 2.24) is 24.6 Å². The van der Waals surface area contributed by atoms with Crippen LogP contribution in [-0.2, 0) is 5.75 Å². The maximum absolute atomic E-state index is 6.19. The molecule has 0 radical (unpaired) electrons. The van der Waals surface area contributed by atoms with Crippen LogP contribution in [0.2, 0.25) is 10.0 Å². The van der Waals surface area contributed by atoms with Crippen LogP contribution in [0.1, 0.15) is 5.69 Å². The second-order valence-corrected chi connectivity index (χ2v) is 7.58. The molecule has 1 N–H and O–H groups in total. The highest BCUT2D eigenvalue weighted by Crippen LogP contribution is 2.32. The van der Waals surface area contributed by atoms with Crippen molar-refractivity contribution in [3.63, 3.8) is 0 Å². The molecule has 0 aliphatic carbocycles. The van der Waals surface area contributed by atoms with Crippen molar-refractivity contribution >= 4 is 40.6 Å². The molecule has 4 rings (SSSR count). The predicted octanol–water partition coefficient (Wildman–Crippen LogP) is 4.74. The first-order valence-electron chi connectivity index (χ1n) is 8.17. The van der Waals surface area contributed by atoms with Gasteiger partial charge in [0.2, 0.25) is 5.16 Å². The summed E-state index contributed by atoms with van der Waals surface area (Å²) in [5.74, 6) is 2.57. The van der Waals surface area contributed by atoms with E-state index in [9.17, 15) is 0 Å². The molecule has 28 heavy (non-hydrogen) atoms. The van der Waals surface area contributed by atoms with Gasteiger partial charge in [-0.1, -0.05) is 35.0 Å². The first-order valence-corrected chi connectivity index (χ1v) is 9.91. The molecule has 0 unspecified atom stereocenters. The number of rotatable bonds is 6. The van der Waals surface area contributed by atoms with Crippen LogP contribution in [0.4, 0.5) is 0 Å². The van der Waals surface area contributed by atoms with Gasteiger partial charge < -0.3 is 13.9 Å². The number of fused-ring (bicyclic) bond motifs is 1. The van der Waals surface area contributed by atoms with Crippen LogP contribution in [0.25, 0.3) is 17.0 Å². The van der Waals surface area contributed by atoms with Gasteiger partial charge in [0.25, 0.3) is 0 Å². The van der Waals surface area contributed by atoms with E-state index in [0.29, 0.717) is 43.9 Å². The second-order valence-electron chi connectivity index (χ2n) is 5.79. The number of methoxy groups -OCH3 is 2. The summed E-state index contributed by atoms with van der Waals surface area (Å²) in [7, 11) is 3.21. The number of hydrogen-bond donors (Lipinski definition) is 1. The van der Waals surface area contributed by atoms with E-state index in [-0.39, 0.29) is 0 Å². The third-order valence-electron chi connectivity index (χ3n) is 4.00. The fourth-order valence-electron chi connectivity index (χ4n) is 2.71. The fourth-order valence-corrected chi connectivity index (χ4v) is 3.92. The highest BCUT2D eigenvalue weighted by atomic mass is 35.5. The molecule has 1 aromatic carbocycles. The SMILES string of the molecule is COc1ccc(-c2nc(SCc3cn4cc(Cl)cc(Cl)c4n3)n[nH]2)c(OC)c1. The largest absolute Gasteiger partial charge is 0.497 e. The minimum Gasteiger partial charge on any atom is -0.497 e. The molecule has 0 aliphatic rings. The number of aromatic nitrogens is 5. The second kappa shape index (κ2) is 7.90. The van der Waals surface area contributed by atoms with Crippen LogP contribution < -0.4 is 9.47 Å². The first kappa shape index (κ1) is 18.9. The summed E-state index contributed by atoms with van der Waals surface area (Å²) in [6.45, 7) is 0. The van der Waals surface area contributed by atoms with Crippen LogP contribution in [-0.4, -0.2) is 38.8 Å². The Bertz CT molecular complexity index is 1140. The Kier molecular flexibility index (Phi) is 5.34. The van der Waals surface area contributed by atoms with Gasteiger partial charge in [-0.15, -0.1) is 5.10 Å². The number of H-pyrrole nitrogens is 1. The van der Waals surface area contributed by atoms with Gasteiger partial charge in [0, 0.05) is 24.2 Å². The third kappa shape index (κ3) is 3.76. The van der Waals surface area contributed by atoms with E-state index in [0.717, 1.165) is 11.3 Å². The van der Waals surface area contributed by atoms with Crippen molar-refractivity contribution in [2.75, 3.05) is 14.2 Å². The first-order chi connectivity index (χ1) is 13.6. The smallest absolute Gasteiger partial charge is 0.209 e. The molecule has 4 aromatic rings. The van der Waals surface area contributed by atoms with Crippen molar-refractivity contribution in [2.45, 2.75) is 10.9 Å². The van der Waals surface area contributed by atoms with Gasteiger partial charge >= 0.3 is 0 Å². The number of pyridine rings is 1. The van der Waals surface area contributed by atoms with Crippen molar-refractivity contribution in [1.29, 1.82) is 0 Å². The summed E-state index contributed by atoms with van der Waals surface area (Å²) in [6.07, 6.45) is 3.66. The summed E-state index contributed by atoms with van der Waals surface area (Å²) in [6, 6.07) is 7.20. The number of aromatic amines is 1. The average Bonchev–Trinajstić information content (AvgIpc) is 3.32. The standard InChI is InChI=1S/C18H15Cl2N5O2S/c1-26-12-3-4-13(15(6-12)27-2)16-22-18(24-23-16)28-9-11-8-25-7-10(19)5-14(20)17(25)21-11/h3-8H,9H2,1-2H3,(H,22,23,24). The van der Waals surface area contributed by atoms with E-state index in [1.807, 2.05) is 22.7 Å². The number of thioether (sulfide) groups is 1. The number of nitrogens with zero attached hydrogens (tertiary/aromatic N) is 4. The predicted molar refractivity (Wildman–Crippen MR) is 110 cm³/mol. The Morgan fingerprint density at radius 2 is 1.96 bits per heavy atom. The zero-order valence-corrected chi connectivity index (χ0v) is 17.3. The van der Waals surface area contributed by atoms with E-state index in [2.05, 4.69) is 20.2 Å². The van der Waals surface area contributed by atoms with Crippen LogP contribution in [0.5, 0.6) is 11.5 Å². The lowest BCUT2D eigenvalue weighted by Gasteiger charge is -2.07. The fraction of sp³-hybridized carbons (Fsp3) is 0.167. The van der Waals surface area contributed by atoms with Crippen molar-refractivity contribution in [3.05, 3.63) is 52.4 Å². The topological polar surface area (TPSA) is 77.3 Å². The number of imidazole rings is 1. The molecule has 0 aliphatic heterocycles. The Balaban J connectivity index is 1.52. The summed E-state index contributed by atoms with van der Waals surface area (Å²) in [5, 5.41) is 8.89. The Labute approximate surface area is 175 Å². The monoisotopic (exact) mass is 435 g/mol. The Morgan fingerprint density at radius 1 is 1.11 bits per heavy atom. The molecular formula is C18H15Cl2N5O2S. The number of halogens is 2. The highest BCUT2D eigenvalue weighted by Gasteiger charge is 2.13. The van der Waals surface area contributed by atoms with Gasteiger partial charge in [0.05, 0.1) is 35.5 Å². The number of nitrogens with one attached hydrogen (secondary N) is 1. The minimum atomic E-state index is 0.510. The van der Waals surface area contributed by atoms with E-state index >= 15 is 0 Å². The van der Waals surface area contributed by atoms with Crippen LogP contribution in [0, 0.1) is 0 Å². The molecule has 3 aromatic heterocycles. The molecule has 10 heteroatoms. The molecule has 0 spiro atoms. The number of ether oxygens (including phenoxy) is 2. The zero-order valence-electron chi connectivity index (χ0n) is 14.9. The van der Waals surface area contributed by atoms with Gasteiger partial charge in [-0.2, -0.15) is 0 Å². The molecule has 0 saturated heterocycles. The normalized spacial score (nSPS) is 11.1. The highest BCUT2D eigenvalue weighted by molar-refractivity contribution is 7.98. The Morgan fingerprint density at radius 3 is 2.75 bits per heavy atom. The van der Waals surface area contributed by atoms with Gasteiger partial charge in [-0.05, 0) is 18.2 Å². The van der Waals surface area contributed by atoms with Crippen LogP contribution in [0.3, 0.4) is 0 Å². The third-order valence-corrected chi connectivity index (χ3v) is 5.37. The maximum atomic E-state index is 6.19. The van der Waals surface area contributed by atoms with E-state index in [4.69, 9.17) is 32.7 Å².